The van der Waals surface area contributed by atoms with E-state index in [1.807, 2.05) is 0 Å². The number of benzene rings is 1. The third-order valence-corrected chi connectivity index (χ3v) is 6.87. The first-order valence-electron chi connectivity index (χ1n) is 10.1. The third-order valence-electron chi connectivity index (χ3n) is 6.87. The zero-order valence-corrected chi connectivity index (χ0v) is 15.4. The fraction of sp³-hybridized carbons (Fsp3) is 0.435. The lowest BCUT2D eigenvalue weighted by atomic mass is 9.51. The van der Waals surface area contributed by atoms with Gasteiger partial charge < -0.3 is 0 Å². The van der Waals surface area contributed by atoms with Gasteiger partial charge in [0.1, 0.15) is 0 Å². The molecule has 4 saturated carbocycles. The Bertz CT molecular complexity index is 816. The van der Waals surface area contributed by atoms with Gasteiger partial charge in [0, 0.05) is 18.0 Å². The Morgan fingerprint density at radius 3 is 2.19 bits per heavy atom. The minimum absolute atomic E-state index is 0.223. The molecular weight excluding hydrogens is 334 g/mol. The van der Waals surface area contributed by atoms with E-state index in [0.717, 1.165) is 35.2 Å². The van der Waals surface area contributed by atoms with Crippen molar-refractivity contribution in [3.63, 3.8) is 0 Å². The molecule has 2 aromatic rings. The van der Waals surface area contributed by atoms with Crippen LogP contribution in [0.4, 0.5) is 0 Å². The molecule has 1 amide bonds. The summed E-state index contributed by atoms with van der Waals surface area (Å²) in [5, 5.41) is 4.09. The number of aromatic nitrogens is 1. The Balaban J connectivity index is 1.24. The molecule has 0 atom stereocenters. The summed E-state index contributed by atoms with van der Waals surface area (Å²) in [6, 6.07) is 12.2. The van der Waals surface area contributed by atoms with Gasteiger partial charge in [0.2, 0.25) is 0 Å². The average molecular weight is 359 g/mol. The summed E-state index contributed by atoms with van der Waals surface area (Å²) in [4.78, 5) is 15.9. The van der Waals surface area contributed by atoms with Crippen molar-refractivity contribution in [1.29, 1.82) is 0 Å². The molecule has 0 unspecified atom stereocenters. The first-order chi connectivity index (χ1) is 13.3. The van der Waals surface area contributed by atoms with Gasteiger partial charge in [-0.05, 0) is 85.0 Å². The topological polar surface area (TPSA) is 54.4 Å². The zero-order chi connectivity index (χ0) is 18.2. The second kappa shape index (κ2) is 6.91. The molecule has 1 N–H and O–H groups in total. The maximum atomic E-state index is 12.0. The summed E-state index contributed by atoms with van der Waals surface area (Å²) in [7, 11) is 0. The molecule has 4 fully saturated rings. The summed E-state index contributed by atoms with van der Waals surface area (Å²) in [5.74, 6) is 4.37. The minimum Gasteiger partial charge on any atom is -0.267 e. The molecule has 0 radical (unpaired) electrons. The number of hydrogen-bond acceptors (Lipinski definition) is 3. The highest BCUT2D eigenvalue weighted by Crippen LogP contribution is 2.59. The van der Waals surface area contributed by atoms with E-state index in [0.29, 0.717) is 5.56 Å². The number of carbonyl (C=O) groups excluding carboxylic acids is 1. The fourth-order valence-electron chi connectivity index (χ4n) is 6.01. The molecule has 138 valence electrons. The van der Waals surface area contributed by atoms with Crippen molar-refractivity contribution in [1.82, 2.24) is 10.4 Å². The van der Waals surface area contributed by atoms with Crippen molar-refractivity contribution in [2.75, 3.05) is 0 Å². The average Bonchev–Trinajstić information content (AvgIpc) is 2.69. The van der Waals surface area contributed by atoms with E-state index in [-0.39, 0.29) is 5.91 Å². The molecule has 1 aromatic heterocycles. The molecule has 4 bridgehead atoms. The molecule has 4 aliphatic carbocycles. The predicted octanol–water partition coefficient (Wildman–Crippen LogP) is 4.39. The fourth-order valence-corrected chi connectivity index (χ4v) is 6.01. The van der Waals surface area contributed by atoms with Gasteiger partial charge in [0.05, 0.1) is 6.21 Å². The van der Waals surface area contributed by atoms with Gasteiger partial charge in [0.25, 0.3) is 5.91 Å². The summed E-state index contributed by atoms with van der Waals surface area (Å²) >= 11 is 0. The van der Waals surface area contributed by atoms with Crippen molar-refractivity contribution in [3.8, 4) is 0 Å². The molecule has 27 heavy (non-hydrogen) atoms. The Labute approximate surface area is 160 Å². The number of nitrogens with one attached hydrogen (secondary N) is 1. The number of rotatable bonds is 4. The number of nitrogens with zero attached hydrogens (tertiary/aromatic N) is 2. The molecule has 6 rings (SSSR count). The van der Waals surface area contributed by atoms with Gasteiger partial charge in [-0.15, -0.1) is 0 Å². The standard InChI is InChI=1S/C23H25N3O/c27-23(19-5-7-24-8-6-19)26-25-14-15-1-3-18(4-2-15)22-20-10-16-9-17(12-20)13-21(22)11-16/h1-8,14,16-17,20-22H,9-13H2,(H,26,27)/b25-14+. The molecule has 4 nitrogen and oxygen atoms in total. The summed E-state index contributed by atoms with van der Waals surface area (Å²) in [5.41, 5.74) is 5.64. The van der Waals surface area contributed by atoms with Crippen LogP contribution in [0.25, 0.3) is 0 Å². The predicted molar refractivity (Wildman–Crippen MR) is 106 cm³/mol. The Morgan fingerprint density at radius 1 is 0.926 bits per heavy atom. The van der Waals surface area contributed by atoms with Gasteiger partial charge in [0.15, 0.2) is 0 Å². The summed E-state index contributed by atoms with van der Waals surface area (Å²) in [6.07, 6.45) is 12.2. The SMILES string of the molecule is O=C(N/N=C/c1ccc(C2C3CC4CC(C3)CC2C4)cc1)c1ccncc1. The lowest BCUT2D eigenvalue weighted by molar-refractivity contribution is -0.00277. The van der Waals surface area contributed by atoms with E-state index in [1.165, 1.54) is 37.7 Å². The van der Waals surface area contributed by atoms with Crippen LogP contribution in [0.1, 0.15) is 59.5 Å². The van der Waals surface area contributed by atoms with Crippen LogP contribution in [0.5, 0.6) is 0 Å². The molecule has 0 saturated heterocycles. The van der Waals surface area contributed by atoms with Gasteiger partial charge in [-0.2, -0.15) is 5.10 Å². The second-order valence-electron chi connectivity index (χ2n) is 8.56. The van der Waals surface area contributed by atoms with Crippen LogP contribution in [0, 0.1) is 23.7 Å². The van der Waals surface area contributed by atoms with Crippen LogP contribution in [-0.2, 0) is 0 Å². The largest absolute Gasteiger partial charge is 0.271 e. The molecule has 1 aromatic carbocycles. The second-order valence-corrected chi connectivity index (χ2v) is 8.56. The summed E-state index contributed by atoms with van der Waals surface area (Å²) < 4.78 is 0. The maximum absolute atomic E-state index is 12.0. The van der Waals surface area contributed by atoms with Gasteiger partial charge in [-0.3, -0.25) is 9.78 Å². The maximum Gasteiger partial charge on any atom is 0.271 e. The number of hydrazone groups is 1. The first kappa shape index (κ1) is 16.7. The molecule has 0 aliphatic heterocycles. The quantitative estimate of drug-likeness (QED) is 0.650. The third kappa shape index (κ3) is 3.29. The van der Waals surface area contributed by atoms with Crippen LogP contribution < -0.4 is 5.43 Å². The van der Waals surface area contributed by atoms with Crippen molar-refractivity contribution in [2.24, 2.45) is 28.8 Å². The lowest BCUT2D eigenvalue weighted by Gasteiger charge is -2.54. The Morgan fingerprint density at radius 2 is 1.56 bits per heavy atom. The van der Waals surface area contributed by atoms with Crippen molar-refractivity contribution in [2.45, 2.75) is 38.0 Å². The Kier molecular flexibility index (Phi) is 4.27. The van der Waals surface area contributed by atoms with E-state index >= 15 is 0 Å². The van der Waals surface area contributed by atoms with E-state index in [9.17, 15) is 4.79 Å². The number of pyridine rings is 1. The number of amides is 1. The van der Waals surface area contributed by atoms with Crippen LogP contribution in [0.3, 0.4) is 0 Å². The van der Waals surface area contributed by atoms with Crippen molar-refractivity contribution in [3.05, 3.63) is 65.5 Å². The van der Waals surface area contributed by atoms with Crippen molar-refractivity contribution >= 4 is 12.1 Å². The molecule has 1 heterocycles. The molecule has 4 aliphatic rings. The highest BCUT2D eigenvalue weighted by atomic mass is 16.2. The van der Waals surface area contributed by atoms with E-state index in [1.54, 1.807) is 30.7 Å². The minimum atomic E-state index is -0.223. The van der Waals surface area contributed by atoms with Crippen LogP contribution in [0.2, 0.25) is 0 Å². The van der Waals surface area contributed by atoms with Crippen LogP contribution in [0.15, 0.2) is 53.9 Å². The van der Waals surface area contributed by atoms with Crippen LogP contribution in [-0.4, -0.2) is 17.1 Å². The zero-order valence-electron chi connectivity index (χ0n) is 15.4. The number of carbonyl (C=O) groups is 1. The van der Waals surface area contributed by atoms with Gasteiger partial charge >= 0.3 is 0 Å². The normalized spacial score (nSPS) is 31.3. The van der Waals surface area contributed by atoms with E-state index in [4.69, 9.17) is 0 Å². The number of hydrogen-bond donors (Lipinski definition) is 1. The first-order valence-corrected chi connectivity index (χ1v) is 10.1. The highest BCUT2D eigenvalue weighted by Gasteiger charge is 2.48. The molecule has 0 spiro atoms. The molecule has 4 heteroatoms. The van der Waals surface area contributed by atoms with E-state index < -0.39 is 0 Å². The summed E-state index contributed by atoms with van der Waals surface area (Å²) in [6.45, 7) is 0. The van der Waals surface area contributed by atoms with Gasteiger partial charge in [-0.25, -0.2) is 5.43 Å². The highest BCUT2D eigenvalue weighted by molar-refractivity contribution is 5.94. The monoisotopic (exact) mass is 359 g/mol. The van der Waals surface area contributed by atoms with Gasteiger partial charge in [-0.1, -0.05) is 24.3 Å². The van der Waals surface area contributed by atoms with E-state index in [2.05, 4.69) is 39.8 Å². The van der Waals surface area contributed by atoms with Crippen LogP contribution >= 0.6 is 0 Å². The smallest absolute Gasteiger partial charge is 0.267 e. The lowest BCUT2D eigenvalue weighted by Crippen LogP contribution is -2.43. The van der Waals surface area contributed by atoms with Crippen molar-refractivity contribution < 1.29 is 4.79 Å². The molecular formula is C23H25N3O. The Hall–Kier alpha value is -2.49.